The van der Waals surface area contributed by atoms with Crippen LogP contribution in [0.2, 0.25) is 0 Å². The molecule has 4 heteroatoms. The summed E-state index contributed by atoms with van der Waals surface area (Å²) in [6, 6.07) is 11.5. The van der Waals surface area contributed by atoms with Crippen LogP contribution in [0, 0.1) is 20.8 Å². The smallest absolute Gasteiger partial charge is 0.173 e. The number of ether oxygens (including phenoxy) is 1. The van der Waals surface area contributed by atoms with Gasteiger partial charge in [-0.1, -0.05) is 22.9 Å². The minimum Gasteiger partial charge on any atom is -0.457 e. The molecule has 0 unspecified atom stereocenters. The molecular weight excluding hydrogens is 252 g/mol. The van der Waals surface area contributed by atoms with Gasteiger partial charge in [0.1, 0.15) is 11.5 Å². The second kappa shape index (κ2) is 5.65. The van der Waals surface area contributed by atoms with Crippen LogP contribution in [0.25, 0.3) is 0 Å². The standard InChI is InChI=1S/C16H18N2O2/c1-10-4-5-15(14(9-10)16(17)18-19)20-13-7-11(2)6-12(3)8-13/h4-9,19H,1-3H3,(H2,17,18). The molecule has 104 valence electrons. The lowest BCUT2D eigenvalue weighted by molar-refractivity contribution is 0.318. The Bertz CT molecular complexity index is 643. The molecule has 0 bridgehead atoms. The van der Waals surface area contributed by atoms with E-state index in [1.807, 2.05) is 51.1 Å². The van der Waals surface area contributed by atoms with Crippen molar-refractivity contribution in [1.29, 1.82) is 0 Å². The fraction of sp³-hybridized carbons (Fsp3) is 0.188. The molecule has 2 rings (SSSR count). The van der Waals surface area contributed by atoms with Gasteiger partial charge in [-0.2, -0.15) is 0 Å². The predicted octanol–water partition coefficient (Wildman–Crippen LogP) is 3.50. The van der Waals surface area contributed by atoms with Crippen molar-refractivity contribution in [2.75, 3.05) is 0 Å². The molecule has 0 heterocycles. The highest BCUT2D eigenvalue weighted by molar-refractivity contribution is 5.99. The first-order valence-corrected chi connectivity index (χ1v) is 6.34. The van der Waals surface area contributed by atoms with Crippen LogP contribution in [-0.2, 0) is 0 Å². The van der Waals surface area contributed by atoms with Crippen molar-refractivity contribution in [3.63, 3.8) is 0 Å². The van der Waals surface area contributed by atoms with E-state index in [1.54, 1.807) is 0 Å². The van der Waals surface area contributed by atoms with Gasteiger partial charge < -0.3 is 15.7 Å². The van der Waals surface area contributed by atoms with E-state index in [4.69, 9.17) is 15.7 Å². The lowest BCUT2D eigenvalue weighted by Crippen LogP contribution is -2.14. The molecule has 4 nitrogen and oxygen atoms in total. The fourth-order valence-electron chi connectivity index (χ4n) is 2.11. The molecule has 3 N–H and O–H groups in total. The molecule has 0 saturated heterocycles. The molecule has 0 aliphatic rings. The molecule has 0 saturated carbocycles. The molecule has 20 heavy (non-hydrogen) atoms. The van der Waals surface area contributed by atoms with E-state index >= 15 is 0 Å². The second-order valence-electron chi connectivity index (χ2n) is 4.91. The van der Waals surface area contributed by atoms with Crippen LogP contribution in [0.1, 0.15) is 22.3 Å². The van der Waals surface area contributed by atoms with E-state index in [9.17, 15) is 0 Å². The number of nitrogens with two attached hydrogens (primary N) is 1. The van der Waals surface area contributed by atoms with Gasteiger partial charge in [-0.15, -0.1) is 0 Å². The molecule has 0 aromatic heterocycles. The molecule has 0 radical (unpaired) electrons. The lowest BCUT2D eigenvalue weighted by atomic mass is 10.1. The largest absolute Gasteiger partial charge is 0.457 e. The van der Waals surface area contributed by atoms with Gasteiger partial charge in [0, 0.05) is 0 Å². The molecule has 0 fully saturated rings. The number of benzene rings is 2. The maximum Gasteiger partial charge on any atom is 0.173 e. The van der Waals surface area contributed by atoms with Gasteiger partial charge in [-0.25, -0.2) is 0 Å². The highest BCUT2D eigenvalue weighted by Gasteiger charge is 2.10. The first-order chi connectivity index (χ1) is 9.49. The number of oxime groups is 1. The fourth-order valence-corrected chi connectivity index (χ4v) is 2.11. The Balaban J connectivity index is 2.43. The van der Waals surface area contributed by atoms with Crippen molar-refractivity contribution in [2.24, 2.45) is 10.9 Å². The summed E-state index contributed by atoms with van der Waals surface area (Å²) in [7, 11) is 0. The van der Waals surface area contributed by atoms with Crippen LogP contribution in [0.15, 0.2) is 41.6 Å². The molecule has 2 aromatic carbocycles. The quantitative estimate of drug-likeness (QED) is 0.388. The Morgan fingerprint density at radius 3 is 2.25 bits per heavy atom. The summed E-state index contributed by atoms with van der Waals surface area (Å²) >= 11 is 0. The number of rotatable bonds is 3. The zero-order valence-electron chi connectivity index (χ0n) is 11.8. The normalized spacial score (nSPS) is 11.4. The van der Waals surface area contributed by atoms with Gasteiger partial charge in [0.05, 0.1) is 5.56 Å². The monoisotopic (exact) mass is 270 g/mol. The molecule has 0 aliphatic heterocycles. The van der Waals surface area contributed by atoms with Gasteiger partial charge in [0.25, 0.3) is 0 Å². The van der Waals surface area contributed by atoms with Crippen LogP contribution < -0.4 is 10.5 Å². The molecule has 2 aromatic rings. The summed E-state index contributed by atoms with van der Waals surface area (Å²) in [5, 5.41) is 11.9. The number of aryl methyl sites for hydroxylation is 3. The first-order valence-electron chi connectivity index (χ1n) is 6.34. The minimum atomic E-state index is 0.0353. The van der Waals surface area contributed by atoms with Crippen molar-refractivity contribution in [1.82, 2.24) is 0 Å². The molecule has 0 amide bonds. The Kier molecular flexibility index (Phi) is 3.94. The summed E-state index contributed by atoms with van der Waals surface area (Å²) < 4.78 is 5.88. The van der Waals surface area contributed by atoms with Crippen molar-refractivity contribution < 1.29 is 9.94 Å². The van der Waals surface area contributed by atoms with E-state index in [2.05, 4.69) is 11.2 Å². The third-order valence-corrected chi connectivity index (χ3v) is 2.94. The van der Waals surface area contributed by atoms with Crippen LogP contribution >= 0.6 is 0 Å². The maximum atomic E-state index is 8.87. The van der Waals surface area contributed by atoms with Crippen LogP contribution in [0.3, 0.4) is 0 Å². The Morgan fingerprint density at radius 2 is 1.65 bits per heavy atom. The zero-order valence-corrected chi connectivity index (χ0v) is 11.8. The summed E-state index contributed by atoms with van der Waals surface area (Å²) in [5.41, 5.74) is 9.53. The van der Waals surface area contributed by atoms with Gasteiger partial charge in [0.2, 0.25) is 0 Å². The van der Waals surface area contributed by atoms with Gasteiger partial charge in [-0.05, 0) is 56.2 Å². The highest BCUT2D eigenvalue weighted by Crippen LogP contribution is 2.27. The van der Waals surface area contributed by atoms with Crippen LogP contribution in [0.5, 0.6) is 11.5 Å². The number of nitrogens with zero attached hydrogens (tertiary/aromatic N) is 1. The van der Waals surface area contributed by atoms with Gasteiger partial charge in [-0.3, -0.25) is 0 Å². The van der Waals surface area contributed by atoms with Crippen molar-refractivity contribution in [3.8, 4) is 11.5 Å². The molecule has 0 spiro atoms. The highest BCUT2D eigenvalue weighted by atomic mass is 16.5. The first kappa shape index (κ1) is 13.9. The Labute approximate surface area is 118 Å². The van der Waals surface area contributed by atoms with Gasteiger partial charge in [0.15, 0.2) is 5.84 Å². The topological polar surface area (TPSA) is 67.8 Å². The van der Waals surface area contributed by atoms with Crippen molar-refractivity contribution >= 4 is 5.84 Å². The minimum absolute atomic E-state index is 0.0353. The maximum absolute atomic E-state index is 8.87. The SMILES string of the molecule is Cc1cc(C)cc(Oc2ccc(C)cc2/C(N)=N/O)c1. The van der Waals surface area contributed by atoms with Crippen LogP contribution in [-0.4, -0.2) is 11.0 Å². The van der Waals surface area contributed by atoms with E-state index in [0.29, 0.717) is 11.3 Å². The number of hydrogen-bond donors (Lipinski definition) is 2. The summed E-state index contributed by atoms with van der Waals surface area (Å²) in [6.07, 6.45) is 0. The summed E-state index contributed by atoms with van der Waals surface area (Å²) in [6.45, 7) is 5.97. The Hall–Kier alpha value is -2.49. The van der Waals surface area contributed by atoms with Crippen molar-refractivity contribution in [2.45, 2.75) is 20.8 Å². The molecule has 0 aliphatic carbocycles. The lowest BCUT2D eigenvalue weighted by Gasteiger charge is -2.12. The third kappa shape index (κ3) is 3.09. The van der Waals surface area contributed by atoms with E-state index < -0.39 is 0 Å². The molecular formula is C16H18N2O2. The number of amidine groups is 1. The average molecular weight is 270 g/mol. The average Bonchev–Trinajstić information content (AvgIpc) is 2.38. The van der Waals surface area contributed by atoms with Crippen molar-refractivity contribution in [3.05, 3.63) is 58.7 Å². The van der Waals surface area contributed by atoms with Gasteiger partial charge >= 0.3 is 0 Å². The zero-order chi connectivity index (χ0) is 14.7. The number of hydrogen-bond acceptors (Lipinski definition) is 3. The molecule has 0 atom stereocenters. The van der Waals surface area contributed by atoms with E-state index in [1.165, 1.54) is 0 Å². The Morgan fingerprint density at radius 1 is 1.00 bits per heavy atom. The summed E-state index contributed by atoms with van der Waals surface area (Å²) in [5.74, 6) is 1.34. The van der Waals surface area contributed by atoms with E-state index in [0.717, 1.165) is 22.4 Å². The third-order valence-electron chi connectivity index (χ3n) is 2.94. The van der Waals surface area contributed by atoms with Crippen LogP contribution in [0.4, 0.5) is 0 Å². The summed E-state index contributed by atoms with van der Waals surface area (Å²) in [4.78, 5) is 0. The second-order valence-corrected chi connectivity index (χ2v) is 4.91. The predicted molar refractivity (Wildman–Crippen MR) is 79.7 cm³/mol. The van der Waals surface area contributed by atoms with E-state index in [-0.39, 0.29) is 5.84 Å².